The highest BCUT2D eigenvalue weighted by molar-refractivity contribution is 5.80. The molecular formula is C19H30N6O3. The SMILES string of the molecule is CCNC(=NCCCOCc1ccco1)NC1CCc2nc(COC)nn2C1. The second-order valence-electron chi connectivity index (χ2n) is 6.69. The molecular weight excluding hydrogens is 360 g/mol. The van der Waals surface area contributed by atoms with Crippen LogP contribution in [0.25, 0.3) is 0 Å². The predicted octanol–water partition coefficient (Wildman–Crippen LogP) is 1.49. The molecule has 0 fully saturated rings. The van der Waals surface area contributed by atoms with Gasteiger partial charge in [-0.2, -0.15) is 5.10 Å². The van der Waals surface area contributed by atoms with Crippen LogP contribution in [0, 0.1) is 0 Å². The number of aromatic nitrogens is 3. The normalized spacial score (nSPS) is 16.8. The molecule has 9 nitrogen and oxygen atoms in total. The van der Waals surface area contributed by atoms with E-state index in [4.69, 9.17) is 13.9 Å². The Morgan fingerprint density at radius 3 is 3.14 bits per heavy atom. The molecule has 1 atom stereocenters. The average molecular weight is 390 g/mol. The lowest BCUT2D eigenvalue weighted by molar-refractivity contribution is 0.105. The second-order valence-corrected chi connectivity index (χ2v) is 6.69. The minimum absolute atomic E-state index is 0.276. The van der Waals surface area contributed by atoms with Gasteiger partial charge in [-0.05, 0) is 31.9 Å². The molecule has 154 valence electrons. The first-order valence-electron chi connectivity index (χ1n) is 9.85. The van der Waals surface area contributed by atoms with Gasteiger partial charge in [0.15, 0.2) is 11.8 Å². The Balaban J connectivity index is 1.42. The maximum Gasteiger partial charge on any atom is 0.191 e. The molecule has 2 aromatic heterocycles. The Kier molecular flexibility index (Phi) is 7.86. The highest BCUT2D eigenvalue weighted by Gasteiger charge is 2.22. The standard InChI is InChI=1S/C19H30N6O3/c1-3-20-19(21-9-5-10-27-13-16-6-4-11-28-16)22-15-7-8-18-23-17(14-26-2)24-25(18)12-15/h4,6,11,15H,3,5,7-10,12-14H2,1-2H3,(H2,20,21,22). The van der Waals surface area contributed by atoms with E-state index in [9.17, 15) is 0 Å². The van der Waals surface area contributed by atoms with Gasteiger partial charge >= 0.3 is 0 Å². The Morgan fingerprint density at radius 2 is 2.36 bits per heavy atom. The fourth-order valence-electron chi connectivity index (χ4n) is 3.11. The smallest absolute Gasteiger partial charge is 0.191 e. The zero-order valence-electron chi connectivity index (χ0n) is 16.7. The van der Waals surface area contributed by atoms with Gasteiger partial charge in [0, 0.05) is 39.3 Å². The third kappa shape index (κ3) is 6.07. The third-order valence-electron chi connectivity index (χ3n) is 4.40. The van der Waals surface area contributed by atoms with E-state index in [2.05, 4.69) is 32.6 Å². The fraction of sp³-hybridized carbons (Fsp3) is 0.632. The topological polar surface area (TPSA) is 98.7 Å². The van der Waals surface area contributed by atoms with Gasteiger partial charge < -0.3 is 24.5 Å². The first-order chi connectivity index (χ1) is 13.8. The number of aliphatic imine (C=N–C) groups is 1. The molecule has 1 aliphatic rings. The molecule has 0 radical (unpaired) electrons. The molecule has 0 saturated heterocycles. The summed E-state index contributed by atoms with van der Waals surface area (Å²) in [6.45, 7) is 5.97. The molecule has 0 aromatic carbocycles. The molecule has 1 unspecified atom stereocenters. The van der Waals surface area contributed by atoms with Gasteiger partial charge in [-0.15, -0.1) is 0 Å². The lowest BCUT2D eigenvalue weighted by atomic mass is 10.1. The number of furan rings is 1. The Labute approximate surface area is 165 Å². The van der Waals surface area contributed by atoms with E-state index in [0.717, 1.165) is 55.7 Å². The molecule has 3 rings (SSSR count). The van der Waals surface area contributed by atoms with Gasteiger partial charge in [0.1, 0.15) is 24.8 Å². The summed E-state index contributed by atoms with van der Waals surface area (Å²) in [5.41, 5.74) is 0. The summed E-state index contributed by atoms with van der Waals surface area (Å²) in [7, 11) is 1.66. The lowest BCUT2D eigenvalue weighted by Gasteiger charge is -2.25. The monoisotopic (exact) mass is 390 g/mol. The quantitative estimate of drug-likeness (QED) is 0.360. The molecule has 0 aliphatic carbocycles. The number of rotatable bonds is 10. The highest BCUT2D eigenvalue weighted by atomic mass is 16.5. The van der Waals surface area contributed by atoms with Crippen LogP contribution in [0.1, 0.15) is 37.2 Å². The molecule has 0 spiro atoms. The van der Waals surface area contributed by atoms with Crippen LogP contribution < -0.4 is 10.6 Å². The number of aryl methyl sites for hydroxylation is 1. The van der Waals surface area contributed by atoms with Crippen molar-refractivity contribution in [3.8, 4) is 0 Å². The number of hydrogen-bond acceptors (Lipinski definition) is 6. The zero-order valence-corrected chi connectivity index (χ0v) is 16.7. The van der Waals surface area contributed by atoms with Crippen molar-refractivity contribution in [2.75, 3.05) is 26.8 Å². The predicted molar refractivity (Wildman–Crippen MR) is 105 cm³/mol. The van der Waals surface area contributed by atoms with Crippen molar-refractivity contribution in [1.82, 2.24) is 25.4 Å². The summed E-state index contributed by atoms with van der Waals surface area (Å²) in [4.78, 5) is 9.18. The van der Waals surface area contributed by atoms with E-state index in [1.54, 1.807) is 13.4 Å². The zero-order chi connectivity index (χ0) is 19.6. The van der Waals surface area contributed by atoms with Crippen molar-refractivity contribution in [3.63, 3.8) is 0 Å². The lowest BCUT2D eigenvalue weighted by Crippen LogP contribution is -2.47. The van der Waals surface area contributed by atoms with Crippen molar-refractivity contribution < 1.29 is 13.9 Å². The number of fused-ring (bicyclic) bond motifs is 1. The van der Waals surface area contributed by atoms with Crippen LogP contribution in [0.15, 0.2) is 27.8 Å². The Hall–Kier alpha value is -2.39. The van der Waals surface area contributed by atoms with E-state index in [1.165, 1.54) is 0 Å². The van der Waals surface area contributed by atoms with E-state index < -0.39 is 0 Å². The molecule has 0 saturated carbocycles. The third-order valence-corrected chi connectivity index (χ3v) is 4.40. The van der Waals surface area contributed by atoms with Gasteiger partial charge in [-0.25, -0.2) is 9.67 Å². The van der Waals surface area contributed by atoms with Gasteiger partial charge in [-0.1, -0.05) is 0 Å². The minimum atomic E-state index is 0.276. The second kappa shape index (κ2) is 10.8. The summed E-state index contributed by atoms with van der Waals surface area (Å²) < 4.78 is 17.9. The van der Waals surface area contributed by atoms with Crippen LogP contribution >= 0.6 is 0 Å². The number of methoxy groups -OCH3 is 1. The van der Waals surface area contributed by atoms with Gasteiger partial charge in [0.05, 0.1) is 12.8 Å². The molecule has 1 aliphatic heterocycles. The molecule has 0 bridgehead atoms. The van der Waals surface area contributed by atoms with Crippen molar-refractivity contribution in [3.05, 3.63) is 35.8 Å². The maximum absolute atomic E-state index is 5.60. The van der Waals surface area contributed by atoms with E-state index in [1.807, 2.05) is 16.8 Å². The van der Waals surface area contributed by atoms with E-state index >= 15 is 0 Å². The van der Waals surface area contributed by atoms with E-state index in [0.29, 0.717) is 26.4 Å². The molecule has 2 aromatic rings. The van der Waals surface area contributed by atoms with Gasteiger partial charge in [-0.3, -0.25) is 4.99 Å². The minimum Gasteiger partial charge on any atom is -0.467 e. The van der Waals surface area contributed by atoms with Crippen LogP contribution in [-0.4, -0.2) is 53.6 Å². The largest absolute Gasteiger partial charge is 0.467 e. The maximum atomic E-state index is 5.60. The summed E-state index contributed by atoms with van der Waals surface area (Å²) in [5.74, 6) is 3.45. The first-order valence-corrected chi connectivity index (χ1v) is 9.85. The average Bonchev–Trinajstić information content (AvgIpc) is 3.34. The highest BCUT2D eigenvalue weighted by Crippen LogP contribution is 2.13. The van der Waals surface area contributed by atoms with E-state index in [-0.39, 0.29) is 6.04 Å². The number of ether oxygens (including phenoxy) is 2. The van der Waals surface area contributed by atoms with Crippen LogP contribution in [-0.2, 0) is 35.7 Å². The van der Waals surface area contributed by atoms with Crippen LogP contribution in [0.4, 0.5) is 0 Å². The number of hydrogen-bond donors (Lipinski definition) is 2. The summed E-state index contributed by atoms with van der Waals surface area (Å²) in [6.07, 6.45) is 4.41. The van der Waals surface area contributed by atoms with Gasteiger partial charge in [0.25, 0.3) is 0 Å². The van der Waals surface area contributed by atoms with Crippen LogP contribution in [0.3, 0.4) is 0 Å². The molecule has 28 heavy (non-hydrogen) atoms. The first kappa shape index (κ1) is 20.3. The van der Waals surface area contributed by atoms with Crippen molar-refractivity contribution >= 4 is 5.96 Å². The summed E-state index contributed by atoms with van der Waals surface area (Å²) >= 11 is 0. The molecule has 9 heteroatoms. The number of guanidine groups is 1. The fourth-order valence-corrected chi connectivity index (χ4v) is 3.11. The summed E-state index contributed by atoms with van der Waals surface area (Å²) in [5, 5.41) is 11.3. The number of nitrogens with zero attached hydrogens (tertiary/aromatic N) is 4. The molecule has 0 amide bonds. The Morgan fingerprint density at radius 1 is 1.43 bits per heavy atom. The van der Waals surface area contributed by atoms with Crippen molar-refractivity contribution in [1.29, 1.82) is 0 Å². The van der Waals surface area contributed by atoms with Crippen molar-refractivity contribution in [2.45, 2.75) is 52.0 Å². The van der Waals surface area contributed by atoms with Crippen LogP contribution in [0.5, 0.6) is 0 Å². The Bertz CT molecular complexity index is 728. The van der Waals surface area contributed by atoms with Crippen LogP contribution in [0.2, 0.25) is 0 Å². The molecule has 3 heterocycles. The number of nitrogens with one attached hydrogen (secondary N) is 2. The van der Waals surface area contributed by atoms with Gasteiger partial charge in [0.2, 0.25) is 0 Å². The molecule has 2 N–H and O–H groups in total. The summed E-state index contributed by atoms with van der Waals surface area (Å²) in [6, 6.07) is 4.05. The van der Waals surface area contributed by atoms with Crippen molar-refractivity contribution in [2.24, 2.45) is 4.99 Å².